The number of rotatable bonds is 5. The van der Waals surface area contributed by atoms with E-state index in [0.717, 1.165) is 23.8 Å². The van der Waals surface area contributed by atoms with Crippen LogP contribution in [0.25, 0.3) is 10.8 Å². The normalized spacial score (nSPS) is 10.7. The van der Waals surface area contributed by atoms with E-state index in [2.05, 4.69) is 19.1 Å². The van der Waals surface area contributed by atoms with E-state index in [-0.39, 0.29) is 5.91 Å². The van der Waals surface area contributed by atoms with Crippen LogP contribution in [0.5, 0.6) is 0 Å². The lowest BCUT2D eigenvalue weighted by Crippen LogP contribution is -2.14. The van der Waals surface area contributed by atoms with Crippen LogP contribution in [0.2, 0.25) is 0 Å². The molecule has 1 amide bonds. The first kappa shape index (κ1) is 12.6. The number of unbranched alkanes of at least 4 members (excludes halogenated alkanes) is 2. The van der Waals surface area contributed by atoms with Gasteiger partial charge in [0, 0.05) is 5.56 Å². The van der Waals surface area contributed by atoms with Gasteiger partial charge < -0.3 is 5.73 Å². The Labute approximate surface area is 108 Å². The third-order valence-corrected chi connectivity index (χ3v) is 3.34. The second-order valence-electron chi connectivity index (χ2n) is 4.63. The molecule has 0 heterocycles. The lowest BCUT2D eigenvalue weighted by Gasteiger charge is -2.10. The highest BCUT2D eigenvalue weighted by atomic mass is 16.1. The van der Waals surface area contributed by atoms with Crippen LogP contribution in [0, 0.1) is 0 Å². The number of fused-ring (bicyclic) bond motifs is 1. The van der Waals surface area contributed by atoms with Crippen molar-refractivity contribution in [2.24, 2.45) is 5.73 Å². The van der Waals surface area contributed by atoms with Crippen molar-refractivity contribution in [2.45, 2.75) is 32.6 Å². The molecular weight excluding hydrogens is 222 g/mol. The maximum Gasteiger partial charge on any atom is 0.248 e. The first-order chi connectivity index (χ1) is 8.74. The van der Waals surface area contributed by atoms with Crippen LogP contribution in [0.15, 0.2) is 36.4 Å². The van der Waals surface area contributed by atoms with Gasteiger partial charge in [0.15, 0.2) is 0 Å². The quantitative estimate of drug-likeness (QED) is 0.797. The summed E-state index contributed by atoms with van der Waals surface area (Å²) in [5.41, 5.74) is 7.25. The van der Waals surface area contributed by atoms with E-state index in [9.17, 15) is 4.79 Å². The summed E-state index contributed by atoms with van der Waals surface area (Å²) in [6.45, 7) is 2.18. The highest BCUT2D eigenvalue weighted by Crippen LogP contribution is 2.24. The van der Waals surface area contributed by atoms with E-state index in [0.29, 0.717) is 5.56 Å². The molecule has 2 aromatic carbocycles. The second-order valence-corrected chi connectivity index (χ2v) is 4.63. The molecule has 0 atom stereocenters. The summed E-state index contributed by atoms with van der Waals surface area (Å²) < 4.78 is 0. The Kier molecular flexibility index (Phi) is 3.98. The molecule has 0 spiro atoms. The Morgan fingerprint density at radius 2 is 1.89 bits per heavy atom. The lowest BCUT2D eigenvalue weighted by atomic mass is 9.94. The molecule has 2 N–H and O–H groups in total. The van der Waals surface area contributed by atoms with E-state index < -0.39 is 0 Å². The summed E-state index contributed by atoms with van der Waals surface area (Å²) in [5, 5.41) is 2.33. The number of aryl methyl sites for hydroxylation is 1. The van der Waals surface area contributed by atoms with Crippen molar-refractivity contribution in [2.75, 3.05) is 0 Å². The minimum Gasteiger partial charge on any atom is -0.366 e. The van der Waals surface area contributed by atoms with Gasteiger partial charge in [0.2, 0.25) is 5.91 Å². The van der Waals surface area contributed by atoms with Crippen LogP contribution < -0.4 is 5.73 Å². The number of nitrogens with two attached hydrogens (primary N) is 1. The van der Waals surface area contributed by atoms with Gasteiger partial charge in [-0.05, 0) is 35.2 Å². The molecule has 94 valence electrons. The predicted octanol–water partition coefficient (Wildman–Crippen LogP) is 3.67. The Bertz CT molecular complexity index is 560. The van der Waals surface area contributed by atoms with E-state index in [4.69, 9.17) is 5.73 Å². The molecule has 0 aliphatic rings. The van der Waals surface area contributed by atoms with Gasteiger partial charge >= 0.3 is 0 Å². The van der Waals surface area contributed by atoms with Gasteiger partial charge in [0.25, 0.3) is 0 Å². The second kappa shape index (κ2) is 5.67. The van der Waals surface area contributed by atoms with E-state index >= 15 is 0 Å². The van der Waals surface area contributed by atoms with Gasteiger partial charge in [0.05, 0.1) is 0 Å². The van der Waals surface area contributed by atoms with Crippen LogP contribution in [-0.4, -0.2) is 5.91 Å². The molecule has 18 heavy (non-hydrogen) atoms. The topological polar surface area (TPSA) is 43.1 Å². The first-order valence-electron chi connectivity index (χ1n) is 6.54. The summed E-state index contributed by atoms with van der Waals surface area (Å²) in [5.74, 6) is -0.327. The maximum absolute atomic E-state index is 11.5. The minimum absolute atomic E-state index is 0.327. The number of benzene rings is 2. The average molecular weight is 241 g/mol. The Hall–Kier alpha value is -1.83. The fraction of sp³-hybridized carbons (Fsp3) is 0.312. The van der Waals surface area contributed by atoms with Gasteiger partial charge in [-0.25, -0.2) is 0 Å². The molecule has 0 saturated carbocycles. The van der Waals surface area contributed by atoms with Crippen LogP contribution in [0.4, 0.5) is 0 Å². The SMILES string of the molecule is CCCCCc1c(C(N)=O)ccc2ccccc12. The third-order valence-electron chi connectivity index (χ3n) is 3.34. The largest absolute Gasteiger partial charge is 0.366 e. The van der Waals surface area contributed by atoms with Crippen LogP contribution in [-0.2, 0) is 6.42 Å². The number of carbonyl (C=O) groups excluding carboxylic acids is 1. The highest BCUT2D eigenvalue weighted by molar-refractivity contribution is 6.00. The van der Waals surface area contributed by atoms with Gasteiger partial charge in [-0.15, -0.1) is 0 Å². The van der Waals surface area contributed by atoms with Gasteiger partial charge in [0.1, 0.15) is 0 Å². The molecule has 0 saturated heterocycles. The van der Waals surface area contributed by atoms with Gasteiger partial charge in [-0.3, -0.25) is 4.79 Å². The van der Waals surface area contributed by atoms with Crippen LogP contribution in [0.3, 0.4) is 0 Å². The van der Waals surface area contributed by atoms with Crippen molar-refractivity contribution >= 4 is 16.7 Å². The Morgan fingerprint density at radius 3 is 2.61 bits per heavy atom. The molecule has 0 aliphatic carbocycles. The van der Waals surface area contributed by atoms with E-state index in [1.807, 2.05) is 24.3 Å². The Balaban J connectivity index is 2.48. The summed E-state index contributed by atoms with van der Waals surface area (Å²) in [6, 6.07) is 12.0. The number of primary amides is 1. The molecule has 0 fully saturated rings. The minimum atomic E-state index is -0.327. The summed E-state index contributed by atoms with van der Waals surface area (Å²) in [6.07, 6.45) is 4.39. The van der Waals surface area contributed by atoms with Gasteiger partial charge in [-0.1, -0.05) is 50.1 Å². The average Bonchev–Trinajstić information content (AvgIpc) is 2.38. The van der Waals surface area contributed by atoms with Crippen molar-refractivity contribution < 1.29 is 4.79 Å². The monoisotopic (exact) mass is 241 g/mol. The fourth-order valence-corrected chi connectivity index (χ4v) is 2.39. The smallest absolute Gasteiger partial charge is 0.248 e. The molecule has 2 aromatic rings. The van der Waals surface area contributed by atoms with Crippen molar-refractivity contribution in [3.05, 3.63) is 47.5 Å². The number of hydrogen-bond acceptors (Lipinski definition) is 1. The number of carbonyl (C=O) groups is 1. The number of hydrogen-bond donors (Lipinski definition) is 1. The standard InChI is InChI=1S/C16H19NO/c1-2-3-4-9-14-13-8-6-5-7-12(13)10-11-15(14)16(17)18/h5-8,10-11H,2-4,9H2,1H3,(H2,17,18). The molecule has 0 aromatic heterocycles. The van der Waals surface area contributed by atoms with Crippen molar-refractivity contribution in [1.29, 1.82) is 0 Å². The molecule has 0 bridgehead atoms. The lowest BCUT2D eigenvalue weighted by molar-refractivity contribution is 0.0999. The molecule has 0 unspecified atom stereocenters. The molecular formula is C16H19NO. The zero-order valence-corrected chi connectivity index (χ0v) is 10.8. The first-order valence-corrected chi connectivity index (χ1v) is 6.54. The predicted molar refractivity (Wildman–Crippen MR) is 75.7 cm³/mol. The zero-order valence-electron chi connectivity index (χ0n) is 10.8. The summed E-state index contributed by atoms with van der Waals surface area (Å²) in [4.78, 5) is 11.5. The molecule has 0 radical (unpaired) electrons. The van der Waals surface area contributed by atoms with Crippen LogP contribution >= 0.6 is 0 Å². The highest BCUT2D eigenvalue weighted by Gasteiger charge is 2.11. The van der Waals surface area contributed by atoms with Crippen molar-refractivity contribution in [1.82, 2.24) is 0 Å². The maximum atomic E-state index is 11.5. The third kappa shape index (κ3) is 2.53. The summed E-state index contributed by atoms with van der Waals surface area (Å²) >= 11 is 0. The molecule has 0 aliphatic heterocycles. The number of amides is 1. The van der Waals surface area contributed by atoms with Gasteiger partial charge in [-0.2, -0.15) is 0 Å². The molecule has 2 rings (SSSR count). The molecule has 2 heteroatoms. The zero-order chi connectivity index (χ0) is 13.0. The fourth-order valence-electron chi connectivity index (χ4n) is 2.39. The van der Waals surface area contributed by atoms with Crippen LogP contribution in [0.1, 0.15) is 42.1 Å². The van der Waals surface area contributed by atoms with E-state index in [1.54, 1.807) is 0 Å². The van der Waals surface area contributed by atoms with Crippen molar-refractivity contribution in [3.8, 4) is 0 Å². The Morgan fingerprint density at radius 1 is 1.11 bits per heavy atom. The summed E-state index contributed by atoms with van der Waals surface area (Å²) in [7, 11) is 0. The van der Waals surface area contributed by atoms with E-state index in [1.165, 1.54) is 18.2 Å². The molecule has 2 nitrogen and oxygen atoms in total. The van der Waals surface area contributed by atoms with Crippen molar-refractivity contribution in [3.63, 3.8) is 0 Å².